The molecule has 4 rings (SSSR count). The topological polar surface area (TPSA) is 76.1 Å². The molecular weight excluding hydrogens is 340 g/mol. The van der Waals surface area contributed by atoms with Gasteiger partial charge in [-0.2, -0.15) is 0 Å². The molecule has 2 aliphatic heterocycles. The summed E-state index contributed by atoms with van der Waals surface area (Å²) in [6.07, 6.45) is 9.38. The second-order valence-corrected chi connectivity index (χ2v) is 7.51. The zero-order valence-electron chi connectivity index (χ0n) is 16.0. The van der Waals surface area contributed by atoms with Crippen LogP contribution in [-0.4, -0.2) is 51.1 Å². The number of anilines is 2. The Morgan fingerprint density at radius 3 is 2.74 bits per heavy atom. The summed E-state index contributed by atoms with van der Waals surface area (Å²) in [6.45, 7) is 6.07. The van der Waals surface area contributed by atoms with E-state index in [1.807, 2.05) is 13.0 Å². The molecule has 7 heteroatoms. The zero-order valence-corrected chi connectivity index (χ0v) is 16.0. The van der Waals surface area contributed by atoms with E-state index in [1.165, 1.54) is 12.8 Å². The molecule has 0 saturated carbocycles. The van der Waals surface area contributed by atoms with Gasteiger partial charge in [-0.05, 0) is 51.1 Å². The molecule has 2 aliphatic rings. The third-order valence-corrected chi connectivity index (χ3v) is 5.42. The molecule has 0 radical (unpaired) electrons. The van der Waals surface area contributed by atoms with Crippen LogP contribution in [-0.2, 0) is 4.74 Å². The van der Waals surface area contributed by atoms with Gasteiger partial charge in [0.25, 0.3) is 0 Å². The summed E-state index contributed by atoms with van der Waals surface area (Å²) in [4.78, 5) is 20.7. The molecule has 7 nitrogen and oxygen atoms in total. The van der Waals surface area contributed by atoms with E-state index >= 15 is 0 Å². The maximum Gasteiger partial charge on any atom is 0.228 e. The highest BCUT2D eigenvalue weighted by molar-refractivity contribution is 5.47. The number of piperidine rings is 1. The lowest BCUT2D eigenvalue weighted by Gasteiger charge is -2.38. The lowest BCUT2D eigenvalue weighted by Crippen LogP contribution is -2.39. The average molecular weight is 368 g/mol. The summed E-state index contributed by atoms with van der Waals surface area (Å²) in [5, 5.41) is 3.21. The lowest BCUT2D eigenvalue weighted by atomic mass is 9.95. The molecule has 0 bridgehead atoms. The summed E-state index contributed by atoms with van der Waals surface area (Å²) in [5.74, 6) is 2.96. The molecular formula is C20H28N6O. The molecule has 2 aromatic heterocycles. The Hall–Kier alpha value is -2.12. The Balaban J connectivity index is 1.52. The van der Waals surface area contributed by atoms with Crippen LogP contribution in [0.25, 0.3) is 0 Å². The lowest BCUT2D eigenvalue weighted by molar-refractivity contribution is 0.0370. The number of aromatic nitrogens is 4. The number of ether oxygens (including phenoxy) is 1. The van der Waals surface area contributed by atoms with E-state index in [9.17, 15) is 0 Å². The largest absolute Gasteiger partial charge is 0.381 e. The van der Waals surface area contributed by atoms with Gasteiger partial charge in [-0.25, -0.2) is 19.9 Å². The minimum absolute atomic E-state index is 0.290. The predicted molar refractivity (Wildman–Crippen MR) is 104 cm³/mol. The second kappa shape index (κ2) is 8.71. The predicted octanol–water partition coefficient (Wildman–Crippen LogP) is 3.27. The van der Waals surface area contributed by atoms with Crippen LogP contribution >= 0.6 is 0 Å². The highest BCUT2D eigenvalue weighted by Gasteiger charge is 2.29. The molecule has 0 aliphatic carbocycles. The van der Waals surface area contributed by atoms with E-state index in [-0.39, 0.29) is 0 Å². The normalized spacial score (nSPS) is 21.9. The van der Waals surface area contributed by atoms with Crippen LogP contribution in [0.3, 0.4) is 0 Å². The first-order chi connectivity index (χ1) is 13.3. The van der Waals surface area contributed by atoms with E-state index < -0.39 is 0 Å². The van der Waals surface area contributed by atoms with Crippen molar-refractivity contribution in [3.8, 4) is 0 Å². The molecule has 1 atom stereocenters. The van der Waals surface area contributed by atoms with Gasteiger partial charge >= 0.3 is 0 Å². The van der Waals surface area contributed by atoms with E-state index in [4.69, 9.17) is 14.7 Å². The first-order valence-electron chi connectivity index (χ1n) is 9.99. The van der Waals surface area contributed by atoms with Gasteiger partial charge in [0.2, 0.25) is 5.95 Å². The van der Waals surface area contributed by atoms with E-state index in [1.54, 1.807) is 18.5 Å². The second-order valence-electron chi connectivity index (χ2n) is 7.51. The maximum atomic E-state index is 5.53. The third-order valence-electron chi connectivity index (χ3n) is 5.42. The van der Waals surface area contributed by atoms with Crippen molar-refractivity contribution in [1.82, 2.24) is 24.8 Å². The monoisotopic (exact) mass is 368 g/mol. The highest BCUT2D eigenvalue weighted by Crippen LogP contribution is 2.32. The van der Waals surface area contributed by atoms with Crippen molar-refractivity contribution in [3.05, 3.63) is 36.0 Å². The Labute approximate surface area is 160 Å². The summed E-state index contributed by atoms with van der Waals surface area (Å²) in [5.41, 5.74) is 0.968. The van der Waals surface area contributed by atoms with Crippen molar-refractivity contribution in [1.29, 1.82) is 0 Å². The molecule has 144 valence electrons. The molecule has 0 spiro atoms. The van der Waals surface area contributed by atoms with Crippen molar-refractivity contribution in [2.45, 2.75) is 45.1 Å². The Morgan fingerprint density at radius 1 is 1.11 bits per heavy atom. The van der Waals surface area contributed by atoms with Crippen molar-refractivity contribution in [3.63, 3.8) is 0 Å². The van der Waals surface area contributed by atoms with Gasteiger partial charge in [0.05, 0.1) is 6.04 Å². The summed E-state index contributed by atoms with van der Waals surface area (Å²) in [7, 11) is 0. The molecule has 0 aromatic carbocycles. The fourth-order valence-corrected chi connectivity index (χ4v) is 4.05. The number of likely N-dealkylation sites (tertiary alicyclic amines) is 1. The van der Waals surface area contributed by atoms with Gasteiger partial charge in [-0.3, -0.25) is 4.90 Å². The van der Waals surface area contributed by atoms with Gasteiger partial charge in [-0.1, -0.05) is 6.42 Å². The Kier molecular flexibility index (Phi) is 5.89. The SMILES string of the molecule is Cc1cc(Nc2ncccn2)nc([C@@H]2CCCCN2CC2CCOCC2)n1. The molecule has 27 heavy (non-hydrogen) atoms. The quantitative estimate of drug-likeness (QED) is 0.868. The van der Waals surface area contributed by atoms with Crippen LogP contribution in [0.4, 0.5) is 11.8 Å². The standard InChI is InChI=1S/C20H28N6O/c1-15-13-18(25-20-21-8-4-9-22-20)24-19(23-15)17-5-2-3-10-26(17)14-16-6-11-27-12-7-16/h4,8-9,13,16-17H,2-3,5-7,10-12,14H2,1H3,(H,21,22,23,24,25)/t17-/m0/s1. The fourth-order valence-electron chi connectivity index (χ4n) is 4.05. The third kappa shape index (κ3) is 4.78. The van der Waals surface area contributed by atoms with Crippen molar-refractivity contribution < 1.29 is 4.74 Å². The summed E-state index contributed by atoms with van der Waals surface area (Å²) in [6, 6.07) is 4.04. The van der Waals surface area contributed by atoms with Gasteiger partial charge in [0.15, 0.2) is 0 Å². The van der Waals surface area contributed by atoms with Crippen molar-refractivity contribution >= 4 is 11.8 Å². The number of nitrogens with one attached hydrogen (secondary N) is 1. The smallest absolute Gasteiger partial charge is 0.228 e. The van der Waals surface area contributed by atoms with Gasteiger partial charge in [0, 0.05) is 43.9 Å². The van der Waals surface area contributed by atoms with Crippen molar-refractivity contribution in [2.75, 3.05) is 31.6 Å². The minimum Gasteiger partial charge on any atom is -0.381 e. The Bertz CT molecular complexity index is 735. The first-order valence-corrected chi connectivity index (χ1v) is 9.99. The minimum atomic E-state index is 0.290. The van der Waals surface area contributed by atoms with Crippen LogP contribution in [0.1, 0.15) is 49.7 Å². The molecule has 0 unspecified atom stereocenters. The average Bonchev–Trinajstić information content (AvgIpc) is 2.69. The zero-order chi connectivity index (χ0) is 18.5. The van der Waals surface area contributed by atoms with Crippen LogP contribution in [0.15, 0.2) is 24.5 Å². The molecule has 1 N–H and O–H groups in total. The Morgan fingerprint density at radius 2 is 1.93 bits per heavy atom. The molecule has 2 saturated heterocycles. The number of hydrogen-bond donors (Lipinski definition) is 1. The fraction of sp³-hybridized carbons (Fsp3) is 0.600. The molecule has 2 aromatic rings. The number of aryl methyl sites for hydroxylation is 1. The van der Waals surface area contributed by atoms with Gasteiger partial charge in [0.1, 0.15) is 11.6 Å². The van der Waals surface area contributed by atoms with Crippen LogP contribution < -0.4 is 5.32 Å². The molecule has 0 amide bonds. The van der Waals surface area contributed by atoms with E-state index in [2.05, 4.69) is 20.2 Å². The van der Waals surface area contributed by atoms with Gasteiger partial charge < -0.3 is 10.1 Å². The summed E-state index contributed by atoms with van der Waals surface area (Å²) >= 11 is 0. The van der Waals surface area contributed by atoms with Crippen LogP contribution in [0.2, 0.25) is 0 Å². The van der Waals surface area contributed by atoms with Crippen molar-refractivity contribution in [2.24, 2.45) is 5.92 Å². The maximum absolute atomic E-state index is 5.53. The van der Waals surface area contributed by atoms with E-state index in [0.29, 0.717) is 12.0 Å². The first kappa shape index (κ1) is 18.3. The molecule has 2 fully saturated rings. The number of hydrogen-bond acceptors (Lipinski definition) is 7. The molecule has 4 heterocycles. The van der Waals surface area contributed by atoms with Gasteiger partial charge in [-0.15, -0.1) is 0 Å². The van der Waals surface area contributed by atoms with Crippen LogP contribution in [0.5, 0.6) is 0 Å². The van der Waals surface area contributed by atoms with E-state index in [0.717, 1.165) is 68.8 Å². The highest BCUT2D eigenvalue weighted by atomic mass is 16.5. The number of rotatable bonds is 5. The van der Waals surface area contributed by atoms with Crippen LogP contribution in [0, 0.1) is 12.8 Å². The number of nitrogens with zero attached hydrogens (tertiary/aromatic N) is 5. The summed E-state index contributed by atoms with van der Waals surface area (Å²) < 4.78 is 5.53.